The predicted octanol–water partition coefficient (Wildman–Crippen LogP) is 1.82. The number of rotatable bonds is 7. The molecule has 1 amide bonds. The average molecular weight is 398 g/mol. The van der Waals surface area contributed by atoms with Gasteiger partial charge in [-0.3, -0.25) is 9.59 Å². The van der Waals surface area contributed by atoms with Gasteiger partial charge in [-0.2, -0.15) is 4.31 Å². The van der Waals surface area contributed by atoms with Gasteiger partial charge in [-0.25, -0.2) is 8.42 Å². The summed E-state index contributed by atoms with van der Waals surface area (Å²) in [6.45, 7) is 8.35. The fourth-order valence-corrected chi connectivity index (χ4v) is 5.17. The highest BCUT2D eigenvalue weighted by Crippen LogP contribution is 2.29. The van der Waals surface area contributed by atoms with Gasteiger partial charge in [0.1, 0.15) is 6.54 Å². The first kappa shape index (κ1) is 21.6. The highest BCUT2D eigenvalue weighted by Gasteiger charge is 2.28. The number of nitrogens with zero attached hydrogens (tertiary/aromatic N) is 2. The van der Waals surface area contributed by atoms with Gasteiger partial charge in [0.05, 0.1) is 4.90 Å². The molecule has 152 valence electrons. The van der Waals surface area contributed by atoms with Crippen LogP contribution in [0.5, 0.6) is 0 Å². The van der Waals surface area contributed by atoms with E-state index in [1.807, 2.05) is 0 Å². The minimum Gasteiger partial charge on any atom is -0.352 e. The maximum absolute atomic E-state index is 12.6. The Bertz CT molecular complexity index is 814. The van der Waals surface area contributed by atoms with E-state index in [1.165, 1.54) is 27.2 Å². The maximum atomic E-state index is 12.6. The number of pyridine rings is 1. The molecule has 0 spiro atoms. The van der Waals surface area contributed by atoms with Gasteiger partial charge in [0.2, 0.25) is 15.9 Å². The van der Waals surface area contributed by atoms with Crippen molar-refractivity contribution in [2.75, 3.05) is 13.1 Å². The van der Waals surface area contributed by atoms with Crippen LogP contribution in [-0.2, 0) is 21.4 Å². The number of amides is 1. The summed E-state index contributed by atoms with van der Waals surface area (Å²) in [5.41, 5.74) is -0.395. The third kappa shape index (κ3) is 4.99. The number of carbonyl (C=O) groups is 1. The standard InChI is InChI=1S/C19H31N3O4S/c1-5-22(6-2)27(25,26)16-10-11-19(24)21(12-16)13-18(23)20-17-9-7-8-14(3)15(17)4/h10-12,14-15,17H,5-9,13H2,1-4H3,(H,20,23). The predicted molar refractivity (Wildman–Crippen MR) is 105 cm³/mol. The Morgan fingerprint density at radius 3 is 2.52 bits per heavy atom. The number of hydrogen-bond donors (Lipinski definition) is 1. The second kappa shape index (κ2) is 9.01. The molecule has 3 atom stereocenters. The Kier molecular flexibility index (Phi) is 7.22. The molecule has 27 heavy (non-hydrogen) atoms. The highest BCUT2D eigenvalue weighted by atomic mass is 32.2. The fourth-order valence-electron chi connectivity index (χ4n) is 3.69. The van der Waals surface area contributed by atoms with Crippen LogP contribution in [0.4, 0.5) is 0 Å². The van der Waals surface area contributed by atoms with Crippen molar-refractivity contribution in [2.45, 2.75) is 64.4 Å². The quantitative estimate of drug-likeness (QED) is 0.760. The van der Waals surface area contributed by atoms with Crippen molar-refractivity contribution in [3.05, 3.63) is 28.7 Å². The van der Waals surface area contributed by atoms with Gasteiger partial charge >= 0.3 is 0 Å². The van der Waals surface area contributed by atoms with Gasteiger partial charge in [-0.15, -0.1) is 0 Å². The van der Waals surface area contributed by atoms with E-state index >= 15 is 0 Å². The topological polar surface area (TPSA) is 88.5 Å². The van der Waals surface area contributed by atoms with E-state index in [0.717, 1.165) is 19.3 Å². The molecule has 7 nitrogen and oxygen atoms in total. The molecular formula is C19H31N3O4S. The Hall–Kier alpha value is -1.67. The molecule has 2 rings (SSSR count). The van der Waals surface area contributed by atoms with Crippen LogP contribution in [0.25, 0.3) is 0 Å². The molecule has 0 bridgehead atoms. The molecule has 1 saturated carbocycles. The van der Waals surface area contributed by atoms with Crippen LogP contribution in [0.3, 0.4) is 0 Å². The first-order valence-electron chi connectivity index (χ1n) is 9.70. The fraction of sp³-hybridized carbons (Fsp3) is 0.684. The molecule has 8 heteroatoms. The summed E-state index contributed by atoms with van der Waals surface area (Å²) in [5.74, 6) is 0.670. The van der Waals surface area contributed by atoms with E-state index < -0.39 is 15.6 Å². The molecule has 1 aliphatic rings. The lowest BCUT2D eigenvalue weighted by molar-refractivity contribution is -0.123. The summed E-state index contributed by atoms with van der Waals surface area (Å²) in [6, 6.07) is 2.60. The monoisotopic (exact) mass is 397 g/mol. The van der Waals surface area contributed by atoms with Crippen molar-refractivity contribution in [1.29, 1.82) is 0 Å². The molecule has 0 aliphatic heterocycles. The molecule has 3 unspecified atom stereocenters. The van der Waals surface area contributed by atoms with Gasteiger partial charge in [-0.1, -0.05) is 40.5 Å². The zero-order valence-corrected chi connectivity index (χ0v) is 17.5. The van der Waals surface area contributed by atoms with Gasteiger partial charge in [-0.05, 0) is 24.3 Å². The molecule has 1 heterocycles. The van der Waals surface area contributed by atoms with E-state index in [4.69, 9.17) is 0 Å². The number of nitrogens with one attached hydrogen (secondary N) is 1. The smallest absolute Gasteiger partial charge is 0.251 e. The Morgan fingerprint density at radius 2 is 1.89 bits per heavy atom. The lowest BCUT2D eigenvalue weighted by atomic mass is 9.78. The Labute approximate surface area is 161 Å². The van der Waals surface area contributed by atoms with Crippen molar-refractivity contribution in [2.24, 2.45) is 11.8 Å². The molecule has 0 saturated heterocycles. The van der Waals surface area contributed by atoms with Crippen LogP contribution in [0.1, 0.15) is 47.0 Å². The molecule has 0 aromatic carbocycles. The average Bonchev–Trinajstić information content (AvgIpc) is 2.61. The van der Waals surface area contributed by atoms with Crippen molar-refractivity contribution >= 4 is 15.9 Å². The third-order valence-electron chi connectivity index (χ3n) is 5.67. The largest absolute Gasteiger partial charge is 0.352 e. The summed E-state index contributed by atoms with van der Waals surface area (Å²) in [5, 5.41) is 3.02. The van der Waals surface area contributed by atoms with Crippen LogP contribution in [-0.4, -0.2) is 42.3 Å². The van der Waals surface area contributed by atoms with E-state index in [2.05, 4.69) is 19.2 Å². The molecule has 1 aromatic rings. The lowest BCUT2D eigenvalue weighted by Crippen LogP contribution is -2.45. The Balaban J connectivity index is 2.17. The summed E-state index contributed by atoms with van der Waals surface area (Å²) in [6.07, 6.45) is 4.44. The van der Waals surface area contributed by atoms with E-state index in [-0.39, 0.29) is 23.4 Å². The second-order valence-corrected chi connectivity index (χ2v) is 9.30. The van der Waals surface area contributed by atoms with Crippen LogP contribution >= 0.6 is 0 Å². The first-order valence-corrected chi connectivity index (χ1v) is 11.1. The number of carbonyl (C=O) groups excluding carboxylic acids is 1. The number of aromatic nitrogens is 1. The summed E-state index contributed by atoms with van der Waals surface area (Å²) in [7, 11) is -3.68. The minimum absolute atomic E-state index is 0.0262. The van der Waals surface area contributed by atoms with Gasteiger partial charge in [0.25, 0.3) is 5.56 Å². The summed E-state index contributed by atoms with van der Waals surface area (Å²) >= 11 is 0. The molecule has 1 fully saturated rings. The lowest BCUT2D eigenvalue weighted by Gasteiger charge is -2.34. The molecule has 1 N–H and O–H groups in total. The van der Waals surface area contributed by atoms with E-state index in [0.29, 0.717) is 24.9 Å². The summed E-state index contributed by atoms with van der Waals surface area (Å²) in [4.78, 5) is 24.6. The second-order valence-electron chi connectivity index (χ2n) is 7.36. The van der Waals surface area contributed by atoms with Crippen molar-refractivity contribution in [1.82, 2.24) is 14.2 Å². The number of hydrogen-bond acceptors (Lipinski definition) is 4. The maximum Gasteiger partial charge on any atom is 0.251 e. The normalized spacial score (nSPS) is 23.4. The van der Waals surface area contributed by atoms with Gasteiger partial charge in [0.15, 0.2) is 0 Å². The first-order chi connectivity index (χ1) is 12.7. The highest BCUT2D eigenvalue weighted by molar-refractivity contribution is 7.89. The molecule has 0 radical (unpaired) electrons. The van der Waals surface area contributed by atoms with Crippen molar-refractivity contribution in [3.63, 3.8) is 0 Å². The van der Waals surface area contributed by atoms with Crippen LogP contribution < -0.4 is 10.9 Å². The van der Waals surface area contributed by atoms with Crippen LogP contribution in [0.2, 0.25) is 0 Å². The molecular weight excluding hydrogens is 366 g/mol. The van der Waals surface area contributed by atoms with Crippen LogP contribution in [0, 0.1) is 11.8 Å². The SMILES string of the molecule is CCN(CC)S(=O)(=O)c1ccc(=O)n(CC(=O)NC2CCCC(C)C2C)c1. The van der Waals surface area contributed by atoms with E-state index in [1.54, 1.807) is 13.8 Å². The van der Waals surface area contributed by atoms with Crippen LogP contribution in [0.15, 0.2) is 28.0 Å². The molecule has 1 aliphatic carbocycles. The summed E-state index contributed by atoms with van der Waals surface area (Å²) < 4.78 is 27.8. The third-order valence-corrected chi connectivity index (χ3v) is 7.70. The number of sulfonamides is 1. The Morgan fingerprint density at radius 1 is 1.22 bits per heavy atom. The van der Waals surface area contributed by atoms with Gasteiger partial charge < -0.3 is 9.88 Å². The van der Waals surface area contributed by atoms with Crippen molar-refractivity contribution in [3.8, 4) is 0 Å². The zero-order valence-electron chi connectivity index (χ0n) is 16.6. The zero-order chi connectivity index (χ0) is 20.2. The molecule has 1 aromatic heterocycles. The minimum atomic E-state index is -3.68. The van der Waals surface area contributed by atoms with E-state index in [9.17, 15) is 18.0 Å². The van der Waals surface area contributed by atoms with Gasteiger partial charge in [0, 0.05) is 31.4 Å². The van der Waals surface area contributed by atoms with Crippen molar-refractivity contribution < 1.29 is 13.2 Å².